The van der Waals surface area contributed by atoms with Gasteiger partial charge in [0.2, 0.25) is 11.8 Å². The number of imide groups is 1. The van der Waals surface area contributed by atoms with Crippen LogP contribution in [0.5, 0.6) is 0 Å². The van der Waals surface area contributed by atoms with Crippen LogP contribution >= 0.6 is 0 Å². The zero-order chi connectivity index (χ0) is 26.1. The molecule has 0 aliphatic carbocycles. The van der Waals surface area contributed by atoms with Crippen molar-refractivity contribution in [3.63, 3.8) is 0 Å². The number of hydrogen-bond donors (Lipinski definition) is 2. The van der Waals surface area contributed by atoms with Gasteiger partial charge in [0.15, 0.2) is 5.76 Å². The van der Waals surface area contributed by atoms with E-state index in [0.717, 1.165) is 0 Å². The molecule has 2 N–H and O–H groups in total. The van der Waals surface area contributed by atoms with Gasteiger partial charge in [-0.2, -0.15) is 0 Å². The second-order valence-corrected chi connectivity index (χ2v) is 8.36. The molecule has 0 radical (unpaired) electrons. The highest BCUT2D eigenvalue weighted by Gasteiger charge is 2.30. The molecule has 12 heteroatoms. The molecule has 1 unspecified atom stereocenters. The molecule has 184 valence electrons. The molecule has 12 nitrogen and oxygen atoms in total. The van der Waals surface area contributed by atoms with Gasteiger partial charge in [-0.25, -0.2) is 4.98 Å². The van der Waals surface area contributed by atoms with Crippen molar-refractivity contribution in [3.8, 4) is 11.3 Å². The summed E-state index contributed by atoms with van der Waals surface area (Å²) in [5, 5.41) is 8.73. The Labute approximate surface area is 208 Å². The maximum absolute atomic E-state index is 13.3. The van der Waals surface area contributed by atoms with Crippen molar-refractivity contribution in [2.45, 2.75) is 25.8 Å². The van der Waals surface area contributed by atoms with Gasteiger partial charge in [-0.05, 0) is 43.1 Å². The van der Waals surface area contributed by atoms with E-state index < -0.39 is 23.4 Å². The second-order valence-electron chi connectivity index (χ2n) is 8.36. The molecule has 3 amide bonds. The number of carbonyl (C=O) groups is 3. The van der Waals surface area contributed by atoms with Crippen molar-refractivity contribution in [2.75, 3.05) is 5.32 Å². The zero-order valence-corrected chi connectivity index (χ0v) is 19.5. The Balaban J connectivity index is 1.43. The van der Waals surface area contributed by atoms with Crippen LogP contribution in [-0.4, -0.2) is 27.3 Å². The van der Waals surface area contributed by atoms with Gasteiger partial charge in [0.25, 0.3) is 11.5 Å². The van der Waals surface area contributed by atoms with Crippen molar-refractivity contribution in [3.05, 3.63) is 87.0 Å². The molecule has 2 aromatic carbocycles. The molecule has 5 rings (SSSR count). The number of hydrogen-bond acceptors (Lipinski definition) is 7. The third-order valence-corrected chi connectivity index (χ3v) is 6.02. The smallest absolute Gasteiger partial charge is 0.291 e. The first-order valence-electron chi connectivity index (χ1n) is 11.3. The first kappa shape index (κ1) is 23.5. The van der Waals surface area contributed by atoms with Gasteiger partial charge in [-0.15, -0.1) is 0 Å². The van der Waals surface area contributed by atoms with Gasteiger partial charge in [0, 0.05) is 22.6 Å². The van der Waals surface area contributed by atoms with Gasteiger partial charge in [-0.1, -0.05) is 35.4 Å². The van der Waals surface area contributed by atoms with Crippen LogP contribution in [0.1, 0.15) is 35.3 Å². The molecule has 37 heavy (non-hydrogen) atoms. The van der Waals surface area contributed by atoms with Crippen molar-refractivity contribution < 1.29 is 18.8 Å². The number of anilines is 1. The third-order valence-electron chi connectivity index (χ3n) is 6.02. The highest BCUT2D eigenvalue weighted by atomic mass is 16.3. The van der Waals surface area contributed by atoms with Crippen LogP contribution in [0.4, 0.5) is 11.4 Å². The molecule has 1 aliphatic rings. The van der Waals surface area contributed by atoms with Crippen molar-refractivity contribution in [1.82, 2.24) is 14.9 Å². The Kier molecular flexibility index (Phi) is 6.00. The van der Waals surface area contributed by atoms with Gasteiger partial charge in [0.05, 0.1) is 11.1 Å². The molecule has 1 aliphatic heterocycles. The molecule has 1 fully saturated rings. The number of aromatic nitrogens is 2. The van der Waals surface area contributed by atoms with E-state index in [0.29, 0.717) is 22.7 Å². The van der Waals surface area contributed by atoms with Gasteiger partial charge in [0.1, 0.15) is 23.1 Å². The number of fused-ring (bicyclic) bond motifs is 1. The molecule has 4 aromatic rings. The van der Waals surface area contributed by atoms with Gasteiger partial charge < -0.3 is 9.73 Å². The SMILES string of the molecule is Cc1nc2c(NC(=O)c3ccc(-c4ccc(N=[N+]=[N-])cc4)o3)cccc2c(=O)n1C1CCC(=O)NC1=O. The Morgan fingerprint density at radius 1 is 1.16 bits per heavy atom. The van der Waals surface area contributed by atoms with Crippen LogP contribution in [0, 0.1) is 6.92 Å². The molecule has 2 aromatic heterocycles. The predicted molar refractivity (Wildman–Crippen MR) is 133 cm³/mol. The number of aryl methyl sites for hydroxylation is 1. The zero-order valence-electron chi connectivity index (χ0n) is 19.5. The third kappa shape index (κ3) is 4.44. The Bertz CT molecular complexity index is 1680. The Hall–Kier alpha value is -5.22. The number of azide groups is 1. The van der Waals surface area contributed by atoms with Crippen molar-refractivity contribution >= 4 is 40.0 Å². The average molecular weight is 497 g/mol. The monoisotopic (exact) mass is 497 g/mol. The van der Waals surface area contributed by atoms with E-state index in [1.807, 2.05) is 0 Å². The number of carbonyl (C=O) groups excluding carboxylic acids is 3. The van der Waals surface area contributed by atoms with Gasteiger partial charge in [-0.3, -0.25) is 29.1 Å². The first-order chi connectivity index (χ1) is 17.9. The number of rotatable bonds is 5. The number of piperidine rings is 1. The highest BCUT2D eigenvalue weighted by Crippen LogP contribution is 2.27. The molecular formula is C25H19N7O5. The van der Waals surface area contributed by atoms with Crippen LogP contribution in [0.3, 0.4) is 0 Å². The molecule has 0 bridgehead atoms. The van der Waals surface area contributed by atoms with E-state index in [9.17, 15) is 19.2 Å². The topological polar surface area (TPSA) is 172 Å². The normalized spacial score (nSPS) is 15.2. The summed E-state index contributed by atoms with van der Waals surface area (Å²) in [6.45, 7) is 1.59. The fourth-order valence-electron chi connectivity index (χ4n) is 4.27. The summed E-state index contributed by atoms with van der Waals surface area (Å²) >= 11 is 0. The standard InChI is InChI=1S/C25H19N7O5/c1-13-27-22-16(25(36)32(13)18-9-12-21(33)29-23(18)34)3-2-4-17(22)28-24(35)20-11-10-19(37-20)14-5-7-15(8-6-14)30-31-26/h2-8,10-11,18H,9,12H2,1H3,(H,28,35)(H,29,33,34). The van der Waals surface area contributed by atoms with Crippen LogP contribution in [0.15, 0.2) is 68.9 Å². The quantitative estimate of drug-likeness (QED) is 0.181. The summed E-state index contributed by atoms with van der Waals surface area (Å²) < 4.78 is 6.99. The maximum atomic E-state index is 13.3. The van der Waals surface area contributed by atoms with Crippen LogP contribution in [0.2, 0.25) is 0 Å². The minimum Gasteiger partial charge on any atom is -0.451 e. The lowest BCUT2D eigenvalue weighted by Gasteiger charge is -2.24. The maximum Gasteiger partial charge on any atom is 0.291 e. The number of furan rings is 1. The van der Waals surface area contributed by atoms with E-state index in [2.05, 4.69) is 25.6 Å². The van der Waals surface area contributed by atoms with Crippen LogP contribution < -0.4 is 16.2 Å². The van der Waals surface area contributed by atoms with Crippen LogP contribution in [0.25, 0.3) is 32.7 Å². The van der Waals surface area contributed by atoms with Crippen LogP contribution in [-0.2, 0) is 9.59 Å². The fraction of sp³-hybridized carbons (Fsp3) is 0.160. The summed E-state index contributed by atoms with van der Waals surface area (Å²) in [5.74, 6) is -0.710. The molecule has 1 saturated heterocycles. The lowest BCUT2D eigenvalue weighted by Crippen LogP contribution is -2.45. The number of amides is 3. The number of nitrogens with zero attached hydrogens (tertiary/aromatic N) is 5. The van der Waals surface area contributed by atoms with E-state index in [-0.39, 0.29) is 41.2 Å². The second kappa shape index (κ2) is 9.44. The lowest BCUT2D eigenvalue weighted by atomic mass is 10.1. The fourth-order valence-corrected chi connectivity index (χ4v) is 4.27. The largest absolute Gasteiger partial charge is 0.451 e. The molecule has 3 heterocycles. The van der Waals surface area contributed by atoms with Crippen molar-refractivity contribution in [1.29, 1.82) is 0 Å². The van der Waals surface area contributed by atoms with E-state index in [1.54, 1.807) is 55.5 Å². The summed E-state index contributed by atoms with van der Waals surface area (Å²) in [6.07, 6.45) is 0.323. The first-order valence-corrected chi connectivity index (χ1v) is 11.3. The minimum atomic E-state index is -0.845. The molecular weight excluding hydrogens is 478 g/mol. The Morgan fingerprint density at radius 3 is 2.68 bits per heavy atom. The van der Waals surface area contributed by atoms with E-state index in [4.69, 9.17) is 9.95 Å². The summed E-state index contributed by atoms with van der Waals surface area (Å²) in [5.41, 5.74) is 9.78. The molecule has 0 saturated carbocycles. The lowest BCUT2D eigenvalue weighted by molar-refractivity contribution is -0.135. The highest BCUT2D eigenvalue weighted by molar-refractivity contribution is 6.07. The van der Waals surface area contributed by atoms with Crippen molar-refractivity contribution in [2.24, 2.45) is 5.11 Å². The van der Waals surface area contributed by atoms with E-state index in [1.165, 1.54) is 10.6 Å². The van der Waals surface area contributed by atoms with Gasteiger partial charge >= 0.3 is 0 Å². The molecule has 1 atom stereocenters. The minimum absolute atomic E-state index is 0.0414. The molecule has 0 spiro atoms. The predicted octanol–water partition coefficient (Wildman–Crippen LogP) is 4.14. The Morgan fingerprint density at radius 2 is 1.95 bits per heavy atom. The summed E-state index contributed by atoms with van der Waals surface area (Å²) in [7, 11) is 0. The summed E-state index contributed by atoms with van der Waals surface area (Å²) in [6, 6.07) is 13.8. The average Bonchev–Trinajstić information content (AvgIpc) is 3.37. The number of para-hydroxylation sites is 1. The number of benzene rings is 2. The summed E-state index contributed by atoms with van der Waals surface area (Å²) in [4.78, 5) is 57.4. The number of nitrogens with one attached hydrogen (secondary N) is 2. The van der Waals surface area contributed by atoms with E-state index >= 15 is 0 Å².